The summed E-state index contributed by atoms with van der Waals surface area (Å²) in [5, 5.41) is 6.55. The van der Waals surface area contributed by atoms with Gasteiger partial charge in [-0.05, 0) is 31.9 Å². The Balaban J connectivity index is 2.17. The van der Waals surface area contributed by atoms with Crippen LogP contribution in [0.2, 0.25) is 5.02 Å². The zero-order valence-electron chi connectivity index (χ0n) is 15.4. The van der Waals surface area contributed by atoms with Crippen LogP contribution in [0.3, 0.4) is 0 Å². The maximum absolute atomic E-state index is 12.6. The van der Waals surface area contributed by atoms with Crippen molar-refractivity contribution >= 4 is 29.0 Å². The lowest BCUT2D eigenvalue weighted by Gasteiger charge is -2.13. The van der Waals surface area contributed by atoms with E-state index in [4.69, 9.17) is 21.1 Å². The van der Waals surface area contributed by atoms with Crippen LogP contribution in [0.5, 0.6) is 5.75 Å². The summed E-state index contributed by atoms with van der Waals surface area (Å²) in [6, 6.07) is 5.04. The number of nitrogens with zero attached hydrogens (tertiary/aromatic N) is 2. The van der Waals surface area contributed by atoms with Crippen LogP contribution in [0.1, 0.15) is 28.3 Å². The first-order valence-electron chi connectivity index (χ1n) is 8.18. The zero-order valence-corrected chi connectivity index (χ0v) is 16.1. The fraction of sp³-hybridized carbons (Fsp3) is 0.389. The summed E-state index contributed by atoms with van der Waals surface area (Å²) in [4.78, 5) is 21.1. The minimum absolute atomic E-state index is 0.265. The number of hydrogen-bond acceptors (Lipinski definition) is 6. The third-order valence-corrected chi connectivity index (χ3v) is 4.04. The molecule has 0 atom stereocenters. The Labute approximate surface area is 158 Å². The largest absolute Gasteiger partial charge is 0.495 e. The second kappa shape index (κ2) is 9.35. The van der Waals surface area contributed by atoms with E-state index < -0.39 is 0 Å². The Morgan fingerprint density at radius 1 is 1.19 bits per heavy atom. The molecule has 140 valence electrons. The van der Waals surface area contributed by atoms with E-state index >= 15 is 0 Å². The minimum Gasteiger partial charge on any atom is -0.495 e. The highest BCUT2D eigenvalue weighted by Gasteiger charge is 2.14. The lowest BCUT2D eigenvalue weighted by Crippen LogP contribution is -2.17. The third-order valence-electron chi connectivity index (χ3n) is 3.63. The van der Waals surface area contributed by atoms with Gasteiger partial charge in [0.2, 0.25) is 0 Å². The zero-order chi connectivity index (χ0) is 19.1. The first-order valence-corrected chi connectivity index (χ1v) is 8.56. The van der Waals surface area contributed by atoms with Gasteiger partial charge in [0.1, 0.15) is 23.1 Å². The molecule has 1 amide bonds. The van der Waals surface area contributed by atoms with Crippen LogP contribution in [0.15, 0.2) is 18.2 Å². The Kier molecular flexibility index (Phi) is 7.17. The van der Waals surface area contributed by atoms with E-state index in [1.807, 2.05) is 6.92 Å². The SMILES string of the molecule is COCCCNc1cc(C(=O)Nc2cc(C)c(Cl)cc2OC)nc(C)n1. The topological polar surface area (TPSA) is 85.4 Å². The standard InChI is InChI=1S/C18H23ClN4O3/c1-11-8-14(16(26-4)9-13(11)19)23-18(24)15-10-17(22-12(2)21-15)20-6-5-7-25-3/h8-10H,5-7H2,1-4H3,(H,23,24)(H,20,21,22). The number of halogens is 1. The molecule has 0 radical (unpaired) electrons. The smallest absolute Gasteiger partial charge is 0.274 e. The van der Waals surface area contributed by atoms with Gasteiger partial charge in [-0.15, -0.1) is 0 Å². The van der Waals surface area contributed by atoms with E-state index in [0.717, 1.165) is 12.0 Å². The van der Waals surface area contributed by atoms with Crippen LogP contribution in [-0.2, 0) is 4.74 Å². The van der Waals surface area contributed by atoms with Crippen LogP contribution < -0.4 is 15.4 Å². The summed E-state index contributed by atoms with van der Waals surface area (Å²) in [5.74, 6) is 1.23. The number of nitrogens with one attached hydrogen (secondary N) is 2. The van der Waals surface area contributed by atoms with Gasteiger partial charge in [0.05, 0.1) is 12.8 Å². The fourth-order valence-corrected chi connectivity index (χ4v) is 2.48. The predicted octanol–water partition coefficient (Wildman–Crippen LogP) is 3.46. The van der Waals surface area contributed by atoms with Gasteiger partial charge in [0.25, 0.3) is 5.91 Å². The van der Waals surface area contributed by atoms with Crippen molar-refractivity contribution in [2.75, 3.05) is 38.0 Å². The van der Waals surface area contributed by atoms with Crippen LogP contribution in [0.25, 0.3) is 0 Å². The maximum atomic E-state index is 12.6. The number of carbonyl (C=O) groups is 1. The average Bonchev–Trinajstić information content (AvgIpc) is 2.61. The van der Waals surface area contributed by atoms with Crippen molar-refractivity contribution in [1.29, 1.82) is 0 Å². The van der Waals surface area contributed by atoms with Crippen LogP contribution in [0, 0.1) is 13.8 Å². The molecule has 1 aromatic heterocycles. The lowest BCUT2D eigenvalue weighted by molar-refractivity contribution is 0.102. The number of aryl methyl sites for hydroxylation is 2. The summed E-state index contributed by atoms with van der Waals surface area (Å²) < 4.78 is 10.3. The number of anilines is 2. The Bertz CT molecular complexity index is 783. The van der Waals surface area contributed by atoms with Crippen molar-refractivity contribution in [3.63, 3.8) is 0 Å². The van der Waals surface area contributed by atoms with Gasteiger partial charge in [-0.3, -0.25) is 4.79 Å². The summed E-state index contributed by atoms with van der Waals surface area (Å²) in [6.07, 6.45) is 0.836. The molecule has 1 heterocycles. The van der Waals surface area contributed by atoms with Crippen molar-refractivity contribution in [3.05, 3.63) is 40.3 Å². The van der Waals surface area contributed by atoms with Gasteiger partial charge in [-0.2, -0.15) is 0 Å². The Morgan fingerprint density at radius 3 is 2.65 bits per heavy atom. The molecule has 0 aliphatic rings. The molecule has 1 aromatic carbocycles. The normalized spacial score (nSPS) is 10.5. The summed E-state index contributed by atoms with van der Waals surface area (Å²) in [7, 11) is 3.18. The van der Waals surface area contributed by atoms with Crippen LogP contribution in [-0.4, -0.2) is 43.2 Å². The lowest BCUT2D eigenvalue weighted by atomic mass is 10.2. The van der Waals surface area contributed by atoms with E-state index in [-0.39, 0.29) is 11.6 Å². The number of methoxy groups -OCH3 is 2. The number of aromatic nitrogens is 2. The molecule has 0 unspecified atom stereocenters. The minimum atomic E-state index is -0.351. The molecular formula is C18H23ClN4O3. The fourth-order valence-electron chi connectivity index (χ4n) is 2.32. The number of carbonyl (C=O) groups excluding carboxylic acids is 1. The van der Waals surface area contributed by atoms with Gasteiger partial charge < -0.3 is 20.1 Å². The van der Waals surface area contributed by atoms with Crippen molar-refractivity contribution < 1.29 is 14.3 Å². The summed E-state index contributed by atoms with van der Waals surface area (Å²) in [5.41, 5.74) is 1.63. The molecule has 0 fully saturated rings. The molecule has 0 aliphatic heterocycles. The van der Waals surface area contributed by atoms with E-state index in [9.17, 15) is 4.79 Å². The molecule has 0 bridgehead atoms. The highest BCUT2D eigenvalue weighted by Crippen LogP contribution is 2.31. The maximum Gasteiger partial charge on any atom is 0.274 e. The highest BCUT2D eigenvalue weighted by molar-refractivity contribution is 6.31. The molecule has 0 saturated carbocycles. The first-order chi connectivity index (χ1) is 12.4. The van der Waals surface area contributed by atoms with E-state index in [1.54, 1.807) is 32.2 Å². The van der Waals surface area contributed by atoms with Crippen LogP contribution >= 0.6 is 11.6 Å². The number of ether oxygens (including phenoxy) is 2. The highest BCUT2D eigenvalue weighted by atomic mass is 35.5. The number of benzene rings is 1. The molecule has 26 heavy (non-hydrogen) atoms. The van der Waals surface area contributed by atoms with Crippen molar-refractivity contribution in [3.8, 4) is 5.75 Å². The molecule has 0 saturated heterocycles. The van der Waals surface area contributed by atoms with E-state index in [0.29, 0.717) is 41.3 Å². The van der Waals surface area contributed by atoms with E-state index in [1.165, 1.54) is 7.11 Å². The molecule has 7 nitrogen and oxygen atoms in total. The van der Waals surface area contributed by atoms with E-state index in [2.05, 4.69) is 20.6 Å². The van der Waals surface area contributed by atoms with Gasteiger partial charge >= 0.3 is 0 Å². The van der Waals surface area contributed by atoms with Crippen LogP contribution in [0.4, 0.5) is 11.5 Å². The molecule has 0 spiro atoms. The molecule has 8 heteroatoms. The van der Waals surface area contributed by atoms with Gasteiger partial charge in [-0.25, -0.2) is 9.97 Å². The predicted molar refractivity (Wildman–Crippen MR) is 102 cm³/mol. The second-order valence-corrected chi connectivity index (χ2v) is 6.12. The first kappa shape index (κ1) is 19.9. The van der Waals surface area contributed by atoms with Gasteiger partial charge in [0.15, 0.2) is 0 Å². The number of hydrogen-bond donors (Lipinski definition) is 2. The Hall–Kier alpha value is -2.38. The van der Waals surface area contributed by atoms with Crippen molar-refractivity contribution in [1.82, 2.24) is 9.97 Å². The molecule has 0 aliphatic carbocycles. The molecule has 2 aromatic rings. The molecule has 2 N–H and O–H groups in total. The molecule has 2 rings (SSSR count). The number of rotatable bonds is 8. The van der Waals surface area contributed by atoms with Crippen molar-refractivity contribution in [2.24, 2.45) is 0 Å². The monoisotopic (exact) mass is 378 g/mol. The summed E-state index contributed by atoms with van der Waals surface area (Å²) in [6.45, 7) is 4.94. The average molecular weight is 379 g/mol. The summed E-state index contributed by atoms with van der Waals surface area (Å²) >= 11 is 6.10. The Morgan fingerprint density at radius 2 is 1.96 bits per heavy atom. The second-order valence-electron chi connectivity index (χ2n) is 5.71. The van der Waals surface area contributed by atoms with Crippen molar-refractivity contribution in [2.45, 2.75) is 20.3 Å². The van der Waals surface area contributed by atoms with Gasteiger partial charge in [-0.1, -0.05) is 11.6 Å². The quantitative estimate of drug-likeness (QED) is 0.684. The molecular weight excluding hydrogens is 356 g/mol. The number of amides is 1. The van der Waals surface area contributed by atoms with Gasteiger partial charge in [0, 0.05) is 37.4 Å². The third kappa shape index (κ3) is 5.31.